The number of nitrogen functional groups attached to an aromatic ring is 1. The molecule has 0 amide bonds. The van der Waals surface area contributed by atoms with E-state index in [4.69, 9.17) is 43.4 Å². The first-order valence-corrected chi connectivity index (χ1v) is 14.1. The zero-order valence-electron chi connectivity index (χ0n) is 23.0. The Morgan fingerprint density at radius 2 is 1.80 bits per heavy atom. The van der Waals surface area contributed by atoms with Crippen LogP contribution in [0.1, 0.15) is 13.8 Å². The van der Waals surface area contributed by atoms with E-state index in [1.54, 1.807) is 13.3 Å². The van der Waals surface area contributed by atoms with E-state index < -0.39 is 0 Å². The van der Waals surface area contributed by atoms with Gasteiger partial charge in [-0.3, -0.25) is 4.90 Å². The van der Waals surface area contributed by atoms with Gasteiger partial charge < -0.3 is 30.3 Å². The quantitative estimate of drug-likeness (QED) is 0.373. The van der Waals surface area contributed by atoms with Gasteiger partial charge in [0.15, 0.2) is 11.0 Å². The predicted molar refractivity (Wildman–Crippen MR) is 160 cm³/mol. The molecule has 11 nitrogen and oxygen atoms in total. The Kier molecular flexibility index (Phi) is 9.07. The molecule has 2 aliphatic rings. The fourth-order valence-corrected chi connectivity index (χ4v) is 5.53. The summed E-state index contributed by atoms with van der Waals surface area (Å²) in [4.78, 5) is 24.6. The molecule has 13 heteroatoms. The third-order valence-corrected chi connectivity index (χ3v) is 7.73. The number of morpholine rings is 1. The number of anilines is 5. The SMILES string of the molecule is COCCN1CCN(c2cc(Cl)c(-c3ccnc(N4C[C@@H](C)O[C@@H](C)C4)n3)cc2Nc2ncnc(Cl)c2N)CC1. The number of hydrogen-bond acceptors (Lipinski definition) is 11. The van der Waals surface area contributed by atoms with Gasteiger partial charge in [0.2, 0.25) is 5.95 Å². The van der Waals surface area contributed by atoms with Gasteiger partial charge in [0.25, 0.3) is 0 Å². The van der Waals surface area contributed by atoms with Gasteiger partial charge in [0, 0.05) is 64.7 Å². The van der Waals surface area contributed by atoms with Crippen LogP contribution in [0, 0.1) is 0 Å². The van der Waals surface area contributed by atoms with Gasteiger partial charge in [-0.1, -0.05) is 23.2 Å². The zero-order valence-corrected chi connectivity index (χ0v) is 24.5. The number of piperazine rings is 1. The largest absolute Gasteiger partial charge is 0.393 e. The third-order valence-electron chi connectivity index (χ3n) is 7.12. The first-order valence-electron chi connectivity index (χ1n) is 13.4. The summed E-state index contributed by atoms with van der Waals surface area (Å²) >= 11 is 13.1. The van der Waals surface area contributed by atoms with Crippen LogP contribution in [-0.2, 0) is 9.47 Å². The molecule has 2 saturated heterocycles. The maximum Gasteiger partial charge on any atom is 0.226 e. The van der Waals surface area contributed by atoms with Gasteiger partial charge in [-0.2, -0.15) is 0 Å². The minimum Gasteiger partial charge on any atom is -0.393 e. The Hall–Kier alpha value is -2.96. The molecule has 0 aliphatic carbocycles. The number of halogens is 2. The van der Waals surface area contributed by atoms with Crippen LogP contribution >= 0.6 is 23.2 Å². The molecule has 5 rings (SSSR count). The van der Waals surface area contributed by atoms with E-state index in [9.17, 15) is 0 Å². The van der Waals surface area contributed by atoms with E-state index in [1.165, 1.54) is 6.33 Å². The zero-order chi connectivity index (χ0) is 28.2. The summed E-state index contributed by atoms with van der Waals surface area (Å²) in [6.07, 6.45) is 3.33. The van der Waals surface area contributed by atoms with Crippen LogP contribution in [0.2, 0.25) is 10.2 Å². The van der Waals surface area contributed by atoms with E-state index >= 15 is 0 Å². The first-order chi connectivity index (χ1) is 19.3. The van der Waals surface area contributed by atoms with Gasteiger partial charge in [-0.15, -0.1) is 0 Å². The fraction of sp³-hybridized carbons (Fsp3) is 0.481. The molecule has 2 atom stereocenters. The number of methoxy groups -OCH3 is 1. The van der Waals surface area contributed by atoms with Crippen molar-refractivity contribution in [1.29, 1.82) is 0 Å². The van der Waals surface area contributed by atoms with Gasteiger partial charge in [-0.25, -0.2) is 19.9 Å². The molecule has 0 unspecified atom stereocenters. The topological polar surface area (TPSA) is 118 Å². The predicted octanol–water partition coefficient (Wildman–Crippen LogP) is 3.95. The standard InChI is InChI=1S/C27H35Cl2N9O2/c1-17-14-38(15-18(2)40-17)27-31-5-4-21(35-27)19-12-22(34-26-24(30)25(29)32-16-33-26)23(13-20(19)28)37-8-6-36(7-9-37)10-11-39-3/h4-5,12-13,16-18H,6-11,14-15,30H2,1-3H3,(H,32,33,34)/t17-,18+. The fourth-order valence-electron chi connectivity index (χ4n) is 5.15. The Bertz CT molecular complexity index is 1310. The third kappa shape index (κ3) is 6.50. The molecular formula is C27H35Cl2N9O2. The van der Waals surface area contributed by atoms with Crippen molar-refractivity contribution in [1.82, 2.24) is 24.8 Å². The monoisotopic (exact) mass is 587 g/mol. The van der Waals surface area contributed by atoms with Crippen LogP contribution in [0.5, 0.6) is 0 Å². The van der Waals surface area contributed by atoms with Crippen LogP contribution in [-0.4, -0.2) is 96.6 Å². The summed E-state index contributed by atoms with van der Waals surface area (Å²) in [6.45, 7) is 10.7. The highest BCUT2D eigenvalue weighted by atomic mass is 35.5. The van der Waals surface area contributed by atoms with Crippen molar-refractivity contribution in [3.8, 4) is 11.3 Å². The number of nitrogens with zero attached hydrogens (tertiary/aromatic N) is 7. The number of ether oxygens (including phenoxy) is 2. The number of nitrogens with two attached hydrogens (primary N) is 1. The lowest BCUT2D eigenvalue weighted by Crippen LogP contribution is -2.47. The number of rotatable bonds is 8. The second-order valence-corrected chi connectivity index (χ2v) is 10.9. The lowest BCUT2D eigenvalue weighted by molar-refractivity contribution is -0.00571. The molecule has 3 aromatic rings. The van der Waals surface area contributed by atoms with Gasteiger partial charge in [0.05, 0.1) is 40.9 Å². The lowest BCUT2D eigenvalue weighted by atomic mass is 10.1. The molecule has 0 spiro atoms. The minimum atomic E-state index is 0.0924. The highest BCUT2D eigenvalue weighted by molar-refractivity contribution is 6.34. The Labute approximate surface area is 244 Å². The van der Waals surface area contributed by atoms with E-state index in [0.29, 0.717) is 23.4 Å². The molecule has 40 heavy (non-hydrogen) atoms. The lowest BCUT2D eigenvalue weighted by Gasteiger charge is -2.37. The Morgan fingerprint density at radius 1 is 1.05 bits per heavy atom. The second-order valence-electron chi connectivity index (χ2n) is 10.1. The van der Waals surface area contributed by atoms with E-state index in [-0.39, 0.29) is 23.0 Å². The number of benzene rings is 1. The molecule has 4 heterocycles. The van der Waals surface area contributed by atoms with Crippen LogP contribution in [0.25, 0.3) is 11.3 Å². The Balaban J connectivity index is 1.49. The highest BCUT2D eigenvalue weighted by Crippen LogP contribution is 2.40. The summed E-state index contributed by atoms with van der Waals surface area (Å²) < 4.78 is 11.1. The van der Waals surface area contributed by atoms with Crippen molar-refractivity contribution in [2.45, 2.75) is 26.1 Å². The van der Waals surface area contributed by atoms with Gasteiger partial charge >= 0.3 is 0 Å². The maximum absolute atomic E-state index is 6.95. The summed E-state index contributed by atoms with van der Waals surface area (Å²) in [7, 11) is 1.73. The van der Waals surface area contributed by atoms with Gasteiger partial charge in [0.1, 0.15) is 12.0 Å². The summed E-state index contributed by atoms with van der Waals surface area (Å²) in [5, 5.41) is 4.16. The molecule has 0 saturated carbocycles. The molecule has 2 aliphatic heterocycles. The van der Waals surface area contributed by atoms with Crippen molar-refractivity contribution < 1.29 is 9.47 Å². The van der Waals surface area contributed by atoms with Crippen molar-refractivity contribution in [2.75, 3.05) is 80.4 Å². The molecule has 0 radical (unpaired) electrons. The summed E-state index contributed by atoms with van der Waals surface area (Å²) in [5.41, 5.74) is 9.71. The van der Waals surface area contributed by atoms with Crippen LogP contribution in [0.3, 0.4) is 0 Å². The average Bonchev–Trinajstić information content (AvgIpc) is 2.95. The van der Waals surface area contributed by atoms with E-state index in [1.807, 2.05) is 18.2 Å². The number of nitrogens with one attached hydrogen (secondary N) is 1. The molecule has 0 bridgehead atoms. The van der Waals surface area contributed by atoms with Crippen molar-refractivity contribution >= 4 is 52.0 Å². The minimum absolute atomic E-state index is 0.0924. The van der Waals surface area contributed by atoms with E-state index in [0.717, 1.165) is 68.4 Å². The normalized spacial score (nSPS) is 20.1. The molecule has 214 valence electrons. The molecule has 2 aromatic heterocycles. The maximum atomic E-state index is 6.95. The van der Waals surface area contributed by atoms with Crippen LogP contribution in [0.15, 0.2) is 30.7 Å². The first kappa shape index (κ1) is 28.6. The molecule has 1 aromatic carbocycles. The van der Waals surface area contributed by atoms with Crippen LogP contribution < -0.4 is 20.9 Å². The highest BCUT2D eigenvalue weighted by Gasteiger charge is 2.26. The Morgan fingerprint density at radius 3 is 2.52 bits per heavy atom. The van der Waals surface area contributed by atoms with Crippen molar-refractivity contribution in [3.63, 3.8) is 0 Å². The van der Waals surface area contributed by atoms with Crippen molar-refractivity contribution in [3.05, 3.63) is 40.9 Å². The molecule has 2 fully saturated rings. The van der Waals surface area contributed by atoms with E-state index in [2.05, 4.69) is 48.8 Å². The second kappa shape index (κ2) is 12.7. The van der Waals surface area contributed by atoms with Crippen LogP contribution in [0.4, 0.5) is 28.8 Å². The summed E-state index contributed by atoms with van der Waals surface area (Å²) in [5.74, 6) is 1.07. The summed E-state index contributed by atoms with van der Waals surface area (Å²) in [6, 6.07) is 5.83. The van der Waals surface area contributed by atoms with Crippen molar-refractivity contribution in [2.24, 2.45) is 0 Å². The molecular weight excluding hydrogens is 553 g/mol. The van der Waals surface area contributed by atoms with Gasteiger partial charge in [-0.05, 0) is 32.0 Å². The average molecular weight is 589 g/mol. The number of hydrogen-bond donors (Lipinski definition) is 2. The number of aromatic nitrogens is 4. The smallest absolute Gasteiger partial charge is 0.226 e. The molecule has 3 N–H and O–H groups in total.